The number of halogens is 1. The van der Waals surface area contributed by atoms with Gasteiger partial charge in [-0.1, -0.05) is 41.3 Å². The Morgan fingerprint density at radius 3 is 2.79 bits per heavy atom. The molecule has 2 heterocycles. The van der Waals surface area contributed by atoms with Crippen molar-refractivity contribution in [3.8, 4) is 0 Å². The van der Waals surface area contributed by atoms with Crippen molar-refractivity contribution in [3.63, 3.8) is 0 Å². The number of benzene rings is 1. The number of aryl methyl sites for hydroxylation is 2. The summed E-state index contributed by atoms with van der Waals surface area (Å²) in [5.74, 6) is 0. The lowest BCUT2D eigenvalue weighted by atomic mass is 10.2. The highest BCUT2D eigenvalue weighted by Crippen LogP contribution is 2.16. The fourth-order valence-corrected chi connectivity index (χ4v) is 3.06. The van der Waals surface area contributed by atoms with Gasteiger partial charge in [-0.15, -0.1) is 0 Å². The van der Waals surface area contributed by atoms with Gasteiger partial charge in [0.15, 0.2) is 0 Å². The molecule has 0 spiro atoms. The molecule has 0 aliphatic heterocycles. The number of aromatic nitrogens is 2. The fourth-order valence-electron chi connectivity index (χ4n) is 1.95. The van der Waals surface area contributed by atoms with E-state index < -0.39 is 0 Å². The number of rotatable bonds is 3. The molecule has 3 nitrogen and oxygen atoms in total. The summed E-state index contributed by atoms with van der Waals surface area (Å²) in [6.45, 7) is 0.668. The highest BCUT2D eigenvalue weighted by Gasteiger charge is 2.06. The second-order valence-corrected chi connectivity index (χ2v) is 5.68. The third kappa shape index (κ3) is 2.55. The molecule has 0 fully saturated rings. The molecular weight excluding hydrogens is 280 g/mol. The molecule has 0 aliphatic rings. The molecule has 96 valence electrons. The van der Waals surface area contributed by atoms with E-state index in [-0.39, 0.29) is 5.56 Å². The molecule has 3 aromatic rings. The van der Waals surface area contributed by atoms with Gasteiger partial charge in [0.25, 0.3) is 5.56 Å². The molecule has 3 rings (SSSR count). The second kappa shape index (κ2) is 5.15. The van der Waals surface area contributed by atoms with Crippen LogP contribution >= 0.6 is 23.1 Å². The van der Waals surface area contributed by atoms with Gasteiger partial charge >= 0.3 is 0 Å². The van der Waals surface area contributed by atoms with Crippen LogP contribution in [0.1, 0.15) is 5.56 Å². The maximum atomic E-state index is 12.1. The molecule has 0 N–H and O–H groups in total. The van der Waals surface area contributed by atoms with Crippen molar-refractivity contribution >= 4 is 33.2 Å². The largest absolute Gasteiger partial charge is 0.268 e. The fraction of sp³-hybridized carbons (Fsp3) is 0.143. The third-order valence-electron chi connectivity index (χ3n) is 2.94. The smallest absolute Gasteiger partial charge is 0.268 e. The van der Waals surface area contributed by atoms with Gasteiger partial charge in [-0.05, 0) is 30.2 Å². The summed E-state index contributed by atoms with van der Waals surface area (Å²) in [6.07, 6.45) is 2.53. The zero-order valence-electron chi connectivity index (χ0n) is 10.0. The first kappa shape index (κ1) is 12.4. The molecule has 0 unspecified atom stereocenters. The van der Waals surface area contributed by atoms with Crippen molar-refractivity contribution in [3.05, 3.63) is 63.7 Å². The van der Waals surface area contributed by atoms with Crippen molar-refractivity contribution in [2.75, 3.05) is 0 Å². The SMILES string of the molecule is O=c1c2ccccc2sn1CCc1ccc(Cl)nc1. The molecule has 19 heavy (non-hydrogen) atoms. The van der Waals surface area contributed by atoms with Gasteiger partial charge in [0.1, 0.15) is 5.15 Å². The minimum absolute atomic E-state index is 0.0857. The zero-order valence-corrected chi connectivity index (χ0v) is 11.6. The van der Waals surface area contributed by atoms with Gasteiger partial charge in [-0.3, -0.25) is 8.75 Å². The second-order valence-electron chi connectivity index (χ2n) is 4.23. The third-order valence-corrected chi connectivity index (χ3v) is 4.29. The Morgan fingerprint density at radius 1 is 1.21 bits per heavy atom. The van der Waals surface area contributed by atoms with E-state index in [4.69, 9.17) is 11.6 Å². The summed E-state index contributed by atoms with van der Waals surface area (Å²) in [6, 6.07) is 11.4. The average molecular weight is 291 g/mol. The van der Waals surface area contributed by atoms with E-state index in [1.807, 2.05) is 30.3 Å². The van der Waals surface area contributed by atoms with Crippen LogP contribution in [0.5, 0.6) is 0 Å². The van der Waals surface area contributed by atoms with Crippen LogP contribution in [0.15, 0.2) is 47.4 Å². The Morgan fingerprint density at radius 2 is 2.05 bits per heavy atom. The lowest BCUT2D eigenvalue weighted by Crippen LogP contribution is -2.14. The van der Waals surface area contributed by atoms with Crippen molar-refractivity contribution in [2.45, 2.75) is 13.0 Å². The number of nitrogens with zero attached hydrogens (tertiary/aromatic N) is 2. The Bertz CT molecular complexity index is 761. The lowest BCUT2D eigenvalue weighted by Gasteiger charge is -2.01. The van der Waals surface area contributed by atoms with Crippen LogP contribution in [0.2, 0.25) is 5.15 Å². The van der Waals surface area contributed by atoms with E-state index in [9.17, 15) is 4.79 Å². The van der Waals surface area contributed by atoms with Crippen LogP contribution in [0, 0.1) is 0 Å². The number of hydrogen-bond donors (Lipinski definition) is 0. The van der Waals surface area contributed by atoms with Crippen molar-refractivity contribution in [2.24, 2.45) is 0 Å². The molecule has 1 aromatic carbocycles. The summed E-state index contributed by atoms with van der Waals surface area (Å²) < 4.78 is 2.82. The van der Waals surface area contributed by atoms with E-state index in [0.29, 0.717) is 11.7 Å². The summed E-state index contributed by atoms with van der Waals surface area (Å²) in [4.78, 5) is 16.2. The van der Waals surface area contributed by atoms with E-state index >= 15 is 0 Å². The minimum Gasteiger partial charge on any atom is -0.268 e. The normalized spacial score (nSPS) is 11.0. The van der Waals surface area contributed by atoms with Crippen LogP contribution in [0.3, 0.4) is 0 Å². The van der Waals surface area contributed by atoms with Gasteiger partial charge in [0.05, 0.1) is 10.1 Å². The first-order valence-corrected chi connectivity index (χ1v) is 7.08. The van der Waals surface area contributed by atoms with Crippen molar-refractivity contribution < 1.29 is 0 Å². The highest BCUT2D eigenvalue weighted by atomic mass is 35.5. The van der Waals surface area contributed by atoms with Crippen LogP contribution in [-0.2, 0) is 13.0 Å². The first-order valence-electron chi connectivity index (χ1n) is 5.93. The Hall–Kier alpha value is -1.65. The van der Waals surface area contributed by atoms with Gasteiger partial charge in [-0.2, -0.15) is 0 Å². The number of hydrogen-bond acceptors (Lipinski definition) is 3. The van der Waals surface area contributed by atoms with E-state index in [2.05, 4.69) is 4.98 Å². The predicted octanol–water partition coefficient (Wildman–Crippen LogP) is 3.35. The standard InChI is InChI=1S/C14H11ClN2OS/c15-13-6-5-10(9-16-13)7-8-17-14(18)11-3-1-2-4-12(11)19-17/h1-6,9H,7-8H2. The average Bonchev–Trinajstić information content (AvgIpc) is 2.76. The minimum atomic E-state index is 0.0857. The zero-order chi connectivity index (χ0) is 13.2. The quantitative estimate of drug-likeness (QED) is 0.693. The Kier molecular flexibility index (Phi) is 3.36. The molecule has 0 atom stereocenters. The molecule has 0 bridgehead atoms. The van der Waals surface area contributed by atoms with Crippen LogP contribution in [-0.4, -0.2) is 8.94 Å². The molecule has 0 aliphatic carbocycles. The Labute approximate surface area is 119 Å². The molecule has 5 heteroatoms. The highest BCUT2D eigenvalue weighted by molar-refractivity contribution is 7.13. The molecule has 0 amide bonds. The van der Waals surface area contributed by atoms with E-state index in [1.165, 1.54) is 11.5 Å². The summed E-state index contributed by atoms with van der Waals surface area (Å²) in [5, 5.41) is 1.28. The van der Waals surface area contributed by atoms with E-state index in [1.54, 1.807) is 16.2 Å². The summed E-state index contributed by atoms with van der Waals surface area (Å²) in [5.41, 5.74) is 1.16. The molecule has 0 radical (unpaired) electrons. The van der Waals surface area contributed by atoms with Crippen LogP contribution in [0.25, 0.3) is 10.1 Å². The van der Waals surface area contributed by atoms with Gasteiger partial charge in [-0.25, -0.2) is 4.98 Å². The predicted molar refractivity (Wildman–Crippen MR) is 79.0 cm³/mol. The molecule has 2 aromatic heterocycles. The monoisotopic (exact) mass is 290 g/mol. The van der Waals surface area contributed by atoms with Gasteiger partial charge < -0.3 is 0 Å². The van der Waals surface area contributed by atoms with Gasteiger partial charge in [0, 0.05) is 12.7 Å². The summed E-state index contributed by atoms with van der Waals surface area (Å²) >= 11 is 7.25. The van der Waals surface area contributed by atoms with Gasteiger partial charge in [0.2, 0.25) is 0 Å². The van der Waals surface area contributed by atoms with Crippen LogP contribution < -0.4 is 5.56 Å². The first-order chi connectivity index (χ1) is 9.24. The summed E-state index contributed by atoms with van der Waals surface area (Å²) in [7, 11) is 0. The van der Waals surface area contributed by atoms with Crippen molar-refractivity contribution in [1.29, 1.82) is 0 Å². The van der Waals surface area contributed by atoms with Crippen LogP contribution in [0.4, 0.5) is 0 Å². The maximum absolute atomic E-state index is 12.1. The Balaban J connectivity index is 1.84. The molecule has 0 saturated carbocycles. The topological polar surface area (TPSA) is 34.9 Å². The number of fused-ring (bicyclic) bond motifs is 1. The lowest BCUT2D eigenvalue weighted by molar-refractivity contribution is 0.734. The van der Waals surface area contributed by atoms with E-state index in [0.717, 1.165) is 22.1 Å². The van der Waals surface area contributed by atoms with Crippen molar-refractivity contribution in [1.82, 2.24) is 8.94 Å². The maximum Gasteiger partial charge on any atom is 0.268 e. The molecule has 0 saturated heterocycles. The number of pyridine rings is 1. The molecular formula is C14H11ClN2OS.